The molecule has 0 aliphatic carbocycles. The van der Waals surface area contributed by atoms with Gasteiger partial charge in [-0.2, -0.15) is 0 Å². The molecule has 6 nitrogen and oxygen atoms in total. The Morgan fingerprint density at radius 1 is 0.958 bits per heavy atom. The third-order valence-electron chi connectivity index (χ3n) is 3.43. The lowest BCUT2D eigenvalue weighted by Gasteiger charge is -2.11. The van der Waals surface area contributed by atoms with E-state index < -0.39 is 4.92 Å². The number of hydrogen-bond acceptors (Lipinski definition) is 5. The van der Waals surface area contributed by atoms with E-state index in [2.05, 4.69) is 0 Å². The van der Waals surface area contributed by atoms with Crippen molar-refractivity contribution in [1.29, 1.82) is 0 Å². The summed E-state index contributed by atoms with van der Waals surface area (Å²) >= 11 is 0. The highest BCUT2D eigenvalue weighted by molar-refractivity contribution is 5.42. The first-order valence-corrected chi connectivity index (χ1v) is 7.75. The van der Waals surface area contributed by atoms with Gasteiger partial charge in [-0.15, -0.1) is 0 Å². The van der Waals surface area contributed by atoms with E-state index >= 15 is 0 Å². The molecule has 0 atom stereocenters. The van der Waals surface area contributed by atoms with Crippen molar-refractivity contribution in [2.75, 3.05) is 20.3 Å². The number of methoxy groups -OCH3 is 1. The summed E-state index contributed by atoms with van der Waals surface area (Å²) in [5.41, 5.74) is 1.18. The Hall–Kier alpha value is -2.76. The fourth-order valence-electron chi connectivity index (χ4n) is 2.13. The van der Waals surface area contributed by atoms with Crippen LogP contribution in [0.15, 0.2) is 42.5 Å². The molecule has 0 aliphatic rings. The molecule has 6 heteroatoms. The second-order valence-electron chi connectivity index (χ2n) is 5.31. The van der Waals surface area contributed by atoms with E-state index in [1.165, 1.54) is 12.1 Å². The van der Waals surface area contributed by atoms with Gasteiger partial charge in [-0.05, 0) is 49.6 Å². The lowest BCUT2D eigenvalue weighted by Crippen LogP contribution is -2.03. The van der Waals surface area contributed by atoms with E-state index in [0.717, 1.165) is 29.9 Å². The Balaban J connectivity index is 1.67. The predicted molar refractivity (Wildman–Crippen MR) is 91.1 cm³/mol. The zero-order valence-corrected chi connectivity index (χ0v) is 13.9. The molecule has 128 valence electrons. The molecule has 0 saturated heterocycles. The Labute approximate surface area is 141 Å². The molecule has 0 aliphatic heterocycles. The monoisotopic (exact) mass is 331 g/mol. The normalized spacial score (nSPS) is 10.2. The second-order valence-corrected chi connectivity index (χ2v) is 5.31. The van der Waals surface area contributed by atoms with Crippen molar-refractivity contribution in [2.45, 2.75) is 19.8 Å². The van der Waals surface area contributed by atoms with Crippen LogP contribution in [0.3, 0.4) is 0 Å². The number of non-ortho nitro benzene ring substituents is 1. The average Bonchev–Trinajstić information content (AvgIpc) is 2.59. The highest BCUT2D eigenvalue weighted by atomic mass is 16.6. The zero-order valence-electron chi connectivity index (χ0n) is 13.9. The average molecular weight is 331 g/mol. The van der Waals surface area contributed by atoms with Gasteiger partial charge in [0.1, 0.15) is 5.75 Å². The van der Waals surface area contributed by atoms with Crippen LogP contribution in [0, 0.1) is 17.0 Å². The van der Waals surface area contributed by atoms with Crippen LogP contribution in [0.1, 0.15) is 18.4 Å². The number of unbranched alkanes of at least 4 members (excludes halogenated alkanes) is 1. The molecule has 2 aromatic rings. The van der Waals surface area contributed by atoms with Crippen molar-refractivity contribution in [3.63, 3.8) is 0 Å². The van der Waals surface area contributed by atoms with Gasteiger partial charge in [0.15, 0.2) is 11.5 Å². The second kappa shape index (κ2) is 8.76. The molecular formula is C18H21NO5. The molecule has 0 fully saturated rings. The van der Waals surface area contributed by atoms with Crippen LogP contribution in [0.2, 0.25) is 0 Å². The first-order chi connectivity index (χ1) is 11.6. The van der Waals surface area contributed by atoms with Crippen LogP contribution in [-0.2, 0) is 0 Å². The van der Waals surface area contributed by atoms with E-state index in [9.17, 15) is 10.1 Å². The fourth-order valence-corrected chi connectivity index (χ4v) is 2.13. The summed E-state index contributed by atoms with van der Waals surface area (Å²) in [6.07, 6.45) is 1.66. The zero-order chi connectivity index (χ0) is 17.4. The summed E-state index contributed by atoms with van der Waals surface area (Å²) in [5.74, 6) is 2.10. The minimum atomic E-state index is -0.430. The molecule has 0 aromatic heterocycles. The highest BCUT2D eigenvalue weighted by Gasteiger charge is 2.05. The van der Waals surface area contributed by atoms with E-state index in [-0.39, 0.29) is 5.69 Å². The van der Waals surface area contributed by atoms with Crippen LogP contribution < -0.4 is 14.2 Å². The fraction of sp³-hybridized carbons (Fsp3) is 0.333. The van der Waals surface area contributed by atoms with Gasteiger partial charge < -0.3 is 14.2 Å². The SMILES string of the molecule is COc1cc(C)ccc1OCCCCOc1ccc([N+](=O)[O-])cc1. The summed E-state index contributed by atoms with van der Waals surface area (Å²) in [4.78, 5) is 10.1. The lowest BCUT2D eigenvalue weighted by molar-refractivity contribution is -0.384. The van der Waals surface area contributed by atoms with Crippen molar-refractivity contribution >= 4 is 5.69 Å². The van der Waals surface area contributed by atoms with Crippen LogP contribution in [0.25, 0.3) is 0 Å². The maximum atomic E-state index is 10.6. The number of nitro groups is 1. The first-order valence-electron chi connectivity index (χ1n) is 7.75. The smallest absolute Gasteiger partial charge is 0.269 e. The summed E-state index contributed by atoms with van der Waals surface area (Å²) in [7, 11) is 1.62. The van der Waals surface area contributed by atoms with Gasteiger partial charge in [-0.3, -0.25) is 10.1 Å². The van der Waals surface area contributed by atoms with Gasteiger partial charge in [0.2, 0.25) is 0 Å². The van der Waals surface area contributed by atoms with Gasteiger partial charge >= 0.3 is 0 Å². The standard InChI is InChI=1S/C18H21NO5/c1-14-5-10-17(18(13-14)22-2)24-12-4-3-11-23-16-8-6-15(7-9-16)19(20)21/h5-10,13H,3-4,11-12H2,1-2H3. The van der Waals surface area contributed by atoms with Crippen LogP contribution in [0.4, 0.5) is 5.69 Å². The molecule has 0 amide bonds. The van der Waals surface area contributed by atoms with Crippen molar-refractivity contribution < 1.29 is 19.1 Å². The number of benzene rings is 2. The van der Waals surface area contributed by atoms with E-state index in [1.807, 2.05) is 25.1 Å². The Morgan fingerprint density at radius 3 is 2.25 bits per heavy atom. The predicted octanol–water partition coefficient (Wildman–Crippen LogP) is 4.15. The molecule has 0 bridgehead atoms. The third-order valence-corrected chi connectivity index (χ3v) is 3.43. The maximum Gasteiger partial charge on any atom is 0.269 e. The molecule has 0 unspecified atom stereocenters. The van der Waals surface area contributed by atoms with Gasteiger partial charge in [0, 0.05) is 12.1 Å². The molecule has 24 heavy (non-hydrogen) atoms. The van der Waals surface area contributed by atoms with Crippen molar-refractivity contribution in [3.05, 3.63) is 58.1 Å². The molecule has 2 rings (SSSR count). The van der Waals surface area contributed by atoms with E-state index in [0.29, 0.717) is 19.0 Å². The van der Waals surface area contributed by atoms with Crippen molar-refractivity contribution in [2.24, 2.45) is 0 Å². The minimum Gasteiger partial charge on any atom is -0.494 e. The van der Waals surface area contributed by atoms with Crippen LogP contribution in [-0.4, -0.2) is 25.2 Å². The lowest BCUT2D eigenvalue weighted by atomic mass is 10.2. The molecule has 0 N–H and O–H groups in total. The Bertz CT molecular complexity index is 670. The molecule has 2 aromatic carbocycles. The number of ether oxygens (including phenoxy) is 3. The number of aryl methyl sites for hydroxylation is 1. The van der Waals surface area contributed by atoms with Crippen molar-refractivity contribution in [3.8, 4) is 17.2 Å². The number of nitrogens with zero attached hydrogens (tertiary/aromatic N) is 1. The number of rotatable bonds is 9. The summed E-state index contributed by atoms with van der Waals surface area (Å²) in [6, 6.07) is 11.9. The minimum absolute atomic E-state index is 0.0581. The third kappa shape index (κ3) is 5.15. The topological polar surface area (TPSA) is 70.8 Å². The Kier molecular flexibility index (Phi) is 6.42. The highest BCUT2D eigenvalue weighted by Crippen LogP contribution is 2.27. The first kappa shape index (κ1) is 17.6. The quantitative estimate of drug-likeness (QED) is 0.392. The Morgan fingerprint density at radius 2 is 1.62 bits per heavy atom. The maximum absolute atomic E-state index is 10.6. The van der Waals surface area contributed by atoms with Crippen molar-refractivity contribution in [1.82, 2.24) is 0 Å². The van der Waals surface area contributed by atoms with Gasteiger partial charge in [-0.25, -0.2) is 0 Å². The molecule has 0 spiro atoms. The van der Waals surface area contributed by atoms with Crippen LogP contribution >= 0.6 is 0 Å². The summed E-state index contributed by atoms with van der Waals surface area (Å²) < 4.78 is 16.6. The number of hydrogen-bond donors (Lipinski definition) is 0. The molecular weight excluding hydrogens is 310 g/mol. The molecule has 0 saturated carbocycles. The number of nitro benzene ring substituents is 1. The van der Waals surface area contributed by atoms with Gasteiger partial charge in [-0.1, -0.05) is 6.07 Å². The summed E-state index contributed by atoms with van der Waals surface area (Å²) in [6.45, 7) is 3.11. The largest absolute Gasteiger partial charge is 0.494 e. The van der Waals surface area contributed by atoms with Gasteiger partial charge in [0.25, 0.3) is 5.69 Å². The van der Waals surface area contributed by atoms with E-state index in [1.54, 1.807) is 19.2 Å². The van der Waals surface area contributed by atoms with Crippen LogP contribution in [0.5, 0.6) is 17.2 Å². The van der Waals surface area contributed by atoms with E-state index in [4.69, 9.17) is 14.2 Å². The summed E-state index contributed by atoms with van der Waals surface area (Å²) in [5, 5.41) is 10.6. The molecule has 0 heterocycles. The van der Waals surface area contributed by atoms with Gasteiger partial charge in [0.05, 0.1) is 25.2 Å². The molecule has 0 radical (unpaired) electrons.